The highest BCUT2D eigenvalue weighted by Crippen LogP contribution is 2.38. The number of rotatable bonds is 4. The quantitative estimate of drug-likeness (QED) is 0.364. The van der Waals surface area contributed by atoms with Crippen LogP contribution in [0.2, 0.25) is 0 Å². The third kappa shape index (κ3) is 2.76. The van der Waals surface area contributed by atoms with Crippen molar-refractivity contribution in [2.45, 2.75) is 13.8 Å². The zero-order valence-electron chi connectivity index (χ0n) is 12.0. The lowest BCUT2D eigenvalue weighted by molar-refractivity contribution is 0.0485. The summed E-state index contributed by atoms with van der Waals surface area (Å²) in [4.78, 5) is 23.4. The van der Waals surface area contributed by atoms with Crippen LogP contribution in [0.15, 0.2) is 0 Å². The van der Waals surface area contributed by atoms with Crippen molar-refractivity contribution in [1.29, 1.82) is 0 Å². The minimum absolute atomic E-state index is 0.0664. The summed E-state index contributed by atoms with van der Waals surface area (Å²) in [5, 5.41) is -0.840. The van der Waals surface area contributed by atoms with Gasteiger partial charge < -0.3 is 9.47 Å². The molecule has 2 aromatic rings. The van der Waals surface area contributed by atoms with E-state index in [2.05, 4.69) is 4.74 Å². The molecule has 9 heteroatoms. The number of fused-ring (bicyclic) bond motifs is 1. The highest BCUT2D eigenvalue weighted by molar-refractivity contribution is 7.21. The number of halogens is 4. The third-order valence-corrected chi connectivity index (χ3v) is 4.01. The Morgan fingerprint density at radius 2 is 1.39 bits per heavy atom. The van der Waals surface area contributed by atoms with Crippen molar-refractivity contribution in [3.8, 4) is 0 Å². The number of hydrogen-bond acceptors (Lipinski definition) is 5. The molecule has 4 nitrogen and oxygen atoms in total. The van der Waals surface area contributed by atoms with Crippen LogP contribution in [0.1, 0.15) is 33.9 Å². The van der Waals surface area contributed by atoms with Gasteiger partial charge in [0.2, 0.25) is 0 Å². The smallest absolute Gasteiger partial charge is 0.349 e. The van der Waals surface area contributed by atoms with E-state index in [1.807, 2.05) is 0 Å². The lowest BCUT2D eigenvalue weighted by atomic mass is 10.1. The van der Waals surface area contributed by atoms with E-state index in [0.717, 1.165) is 0 Å². The first-order valence-corrected chi connectivity index (χ1v) is 7.29. The largest absolute Gasteiger partial charge is 0.462 e. The van der Waals surface area contributed by atoms with Gasteiger partial charge in [-0.1, -0.05) is 0 Å². The zero-order chi connectivity index (χ0) is 17.3. The lowest BCUT2D eigenvalue weighted by Crippen LogP contribution is -2.12. The van der Waals surface area contributed by atoms with Gasteiger partial charge in [0.05, 0.1) is 23.5 Å². The van der Waals surface area contributed by atoms with Crippen molar-refractivity contribution < 1.29 is 36.6 Å². The molecule has 0 amide bonds. The number of carbonyl (C=O) groups excluding carboxylic acids is 2. The summed E-state index contributed by atoms with van der Waals surface area (Å²) in [5.41, 5.74) is -0.680. The molecule has 124 valence electrons. The molecular weight excluding hydrogens is 340 g/mol. The van der Waals surface area contributed by atoms with Gasteiger partial charge in [-0.2, -0.15) is 0 Å². The van der Waals surface area contributed by atoms with Gasteiger partial charge in [-0.25, -0.2) is 27.2 Å². The number of ether oxygens (including phenoxy) is 2. The topological polar surface area (TPSA) is 52.6 Å². The van der Waals surface area contributed by atoms with Gasteiger partial charge in [0, 0.05) is 5.39 Å². The van der Waals surface area contributed by atoms with E-state index in [9.17, 15) is 27.2 Å². The molecule has 23 heavy (non-hydrogen) atoms. The van der Waals surface area contributed by atoms with Crippen molar-refractivity contribution in [3.63, 3.8) is 0 Å². The lowest BCUT2D eigenvalue weighted by Gasteiger charge is -2.05. The molecule has 0 aliphatic carbocycles. The number of esters is 2. The molecule has 1 aromatic heterocycles. The van der Waals surface area contributed by atoms with Gasteiger partial charge >= 0.3 is 11.9 Å². The van der Waals surface area contributed by atoms with E-state index < -0.39 is 55.7 Å². The Balaban J connectivity index is 2.88. The Morgan fingerprint density at radius 1 is 0.870 bits per heavy atom. The molecule has 0 aliphatic rings. The van der Waals surface area contributed by atoms with Gasteiger partial charge in [0.15, 0.2) is 23.3 Å². The van der Waals surface area contributed by atoms with Crippen molar-refractivity contribution in [3.05, 3.63) is 33.7 Å². The second kappa shape index (κ2) is 6.53. The average Bonchev–Trinajstić information content (AvgIpc) is 2.92. The molecule has 0 N–H and O–H groups in total. The number of thiophene rings is 1. The van der Waals surface area contributed by atoms with Crippen molar-refractivity contribution in [2.24, 2.45) is 0 Å². The summed E-state index contributed by atoms with van der Waals surface area (Å²) in [6.07, 6.45) is 0. The van der Waals surface area contributed by atoms with Crippen LogP contribution in [0.3, 0.4) is 0 Å². The van der Waals surface area contributed by atoms with Crippen LogP contribution in [-0.4, -0.2) is 25.2 Å². The zero-order valence-corrected chi connectivity index (χ0v) is 12.8. The molecule has 0 atom stereocenters. The van der Waals surface area contributed by atoms with Crippen LogP contribution in [0, 0.1) is 23.3 Å². The molecule has 0 saturated heterocycles. The van der Waals surface area contributed by atoms with Crippen LogP contribution in [0.25, 0.3) is 10.1 Å². The monoisotopic (exact) mass is 350 g/mol. The maximum atomic E-state index is 14.0. The van der Waals surface area contributed by atoms with Gasteiger partial charge in [-0.05, 0) is 13.8 Å². The van der Waals surface area contributed by atoms with Crippen molar-refractivity contribution >= 4 is 33.4 Å². The Kier molecular flexibility index (Phi) is 4.88. The predicted molar refractivity (Wildman–Crippen MR) is 73.6 cm³/mol. The number of carbonyl (C=O) groups is 2. The summed E-state index contributed by atoms with van der Waals surface area (Å²) in [5.74, 6) is -9.77. The van der Waals surface area contributed by atoms with E-state index >= 15 is 0 Å². The fourth-order valence-electron chi connectivity index (χ4n) is 1.94. The standard InChI is InChI=1S/C14H10F4O4S/c1-3-21-13(19)6-5-7(15)8(16)9(17)10(18)11(5)23-12(6)14(20)22-4-2/h3-4H2,1-2H3. The Hall–Kier alpha value is -2.16. The molecule has 1 heterocycles. The Morgan fingerprint density at radius 3 is 1.96 bits per heavy atom. The highest BCUT2D eigenvalue weighted by Gasteiger charge is 2.32. The molecule has 1 aromatic carbocycles. The van der Waals surface area contributed by atoms with Crippen LogP contribution >= 0.6 is 11.3 Å². The molecular formula is C14H10F4O4S. The minimum Gasteiger partial charge on any atom is -0.462 e. The summed E-state index contributed by atoms with van der Waals surface area (Å²) in [6.45, 7) is 2.75. The molecule has 0 saturated carbocycles. The van der Waals surface area contributed by atoms with E-state index in [1.165, 1.54) is 13.8 Å². The van der Waals surface area contributed by atoms with Crippen LogP contribution in [0.5, 0.6) is 0 Å². The average molecular weight is 350 g/mol. The molecule has 2 rings (SSSR count). The van der Waals surface area contributed by atoms with Crippen LogP contribution < -0.4 is 0 Å². The number of hydrogen-bond donors (Lipinski definition) is 0. The first-order valence-electron chi connectivity index (χ1n) is 6.47. The first-order chi connectivity index (χ1) is 10.8. The normalized spacial score (nSPS) is 10.9. The van der Waals surface area contributed by atoms with Crippen molar-refractivity contribution in [2.75, 3.05) is 13.2 Å². The molecule has 0 aliphatic heterocycles. The fourth-order valence-corrected chi connectivity index (χ4v) is 3.04. The Labute approximate surface area is 131 Å². The van der Waals surface area contributed by atoms with E-state index in [1.54, 1.807) is 0 Å². The number of benzene rings is 1. The highest BCUT2D eigenvalue weighted by atomic mass is 32.1. The van der Waals surface area contributed by atoms with Gasteiger partial charge in [0.1, 0.15) is 4.88 Å². The molecule has 0 spiro atoms. The third-order valence-electron chi connectivity index (χ3n) is 2.85. The molecule has 0 bridgehead atoms. The van der Waals surface area contributed by atoms with E-state index in [4.69, 9.17) is 4.74 Å². The molecule has 0 unspecified atom stereocenters. The van der Waals surface area contributed by atoms with Gasteiger partial charge in [-0.15, -0.1) is 11.3 Å². The van der Waals surface area contributed by atoms with Gasteiger partial charge in [0.25, 0.3) is 0 Å². The maximum absolute atomic E-state index is 14.0. The Bertz CT molecular complexity index is 800. The van der Waals surface area contributed by atoms with Crippen LogP contribution in [0.4, 0.5) is 17.6 Å². The summed E-state index contributed by atoms with van der Waals surface area (Å²) >= 11 is 0.293. The maximum Gasteiger partial charge on any atom is 0.349 e. The second-order valence-electron chi connectivity index (χ2n) is 4.21. The van der Waals surface area contributed by atoms with E-state index in [0.29, 0.717) is 11.3 Å². The summed E-state index contributed by atoms with van der Waals surface area (Å²) in [7, 11) is 0. The van der Waals surface area contributed by atoms with E-state index in [-0.39, 0.29) is 13.2 Å². The predicted octanol–water partition coefficient (Wildman–Crippen LogP) is 3.81. The van der Waals surface area contributed by atoms with Crippen molar-refractivity contribution in [1.82, 2.24) is 0 Å². The molecule has 0 radical (unpaired) electrons. The first kappa shape index (κ1) is 17.2. The second-order valence-corrected chi connectivity index (χ2v) is 5.23. The summed E-state index contributed by atoms with van der Waals surface area (Å²) < 4.78 is 63.4. The van der Waals surface area contributed by atoms with Gasteiger partial charge in [-0.3, -0.25) is 0 Å². The SMILES string of the molecule is CCOC(=O)c1sc2c(F)c(F)c(F)c(F)c2c1C(=O)OCC. The summed E-state index contributed by atoms with van der Waals surface area (Å²) in [6, 6.07) is 0. The fraction of sp³-hybridized carbons (Fsp3) is 0.286. The molecule has 0 fully saturated rings. The van der Waals surface area contributed by atoms with Crippen LogP contribution in [-0.2, 0) is 9.47 Å². The minimum atomic E-state index is -2.08.